The summed E-state index contributed by atoms with van der Waals surface area (Å²) in [5.74, 6) is -0.237. The van der Waals surface area contributed by atoms with Gasteiger partial charge in [0.2, 0.25) is 5.95 Å². The lowest BCUT2D eigenvalue weighted by atomic mass is 10.1. The number of nitrogen functional groups attached to an aromatic ring is 1. The van der Waals surface area contributed by atoms with Gasteiger partial charge in [0, 0.05) is 12.1 Å². The van der Waals surface area contributed by atoms with Crippen LogP contribution in [0.1, 0.15) is 5.56 Å². The lowest BCUT2D eigenvalue weighted by Gasteiger charge is -2.09. The van der Waals surface area contributed by atoms with E-state index in [2.05, 4.69) is 20.4 Å². The molecule has 0 aliphatic rings. The molecule has 0 saturated carbocycles. The van der Waals surface area contributed by atoms with Crippen LogP contribution in [0.2, 0.25) is 0 Å². The minimum absolute atomic E-state index is 0.241. The van der Waals surface area contributed by atoms with Crippen LogP contribution in [0, 0.1) is 11.6 Å². The molecule has 0 radical (unpaired) electrons. The Morgan fingerprint density at radius 2 is 1.58 bits per heavy atom. The molecule has 0 unspecified atom stereocenters. The summed E-state index contributed by atoms with van der Waals surface area (Å²) >= 11 is 0. The molecule has 6 nitrogen and oxygen atoms in total. The molecule has 0 fully saturated rings. The molecular formula is C25H20F2N6. The average Bonchev–Trinajstić information content (AvgIpc) is 3.16. The number of nitrogens with zero attached hydrogens (tertiary/aromatic N) is 4. The van der Waals surface area contributed by atoms with Crippen LogP contribution >= 0.6 is 0 Å². The second-order valence-electron chi connectivity index (χ2n) is 7.51. The molecule has 33 heavy (non-hydrogen) atoms. The lowest BCUT2D eigenvalue weighted by Crippen LogP contribution is -2.09. The molecule has 3 aromatic carbocycles. The molecule has 0 bridgehead atoms. The van der Waals surface area contributed by atoms with Crippen molar-refractivity contribution >= 4 is 22.8 Å². The SMILES string of the molecule is Nc1c2c(-c3ccccc3F)nc(NCCc3ccccc3)nc2nn1-c1ccc(F)cc1. The van der Waals surface area contributed by atoms with Crippen molar-refractivity contribution < 1.29 is 8.78 Å². The van der Waals surface area contributed by atoms with Gasteiger partial charge in [-0.1, -0.05) is 42.5 Å². The molecule has 0 spiro atoms. The summed E-state index contributed by atoms with van der Waals surface area (Å²) < 4.78 is 29.6. The summed E-state index contributed by atoms with van der Waals surface area (Å²) in [6.07, 6.45) is 0.767. The molecule has 5 rings (SSSR count). The summed E-state index contributed by atoms with van der Waals surface area (Å²) in [6.45, 7) is 0.584. The molecule has 2 aromatic heterocycles. The largest absolute Gasteiger partial charge is 0.383 e. The molecular weight excluding hydrogens is 422 g/mol. The van der Waals surface area contributed by atoms with Gasteiger partial charge in [0.15, 0.2) is 5.65 Å². The van der Waals surface area contributed by atoms with E-state index in [1.165, 1.54) is 28.4 Å². The van der Waals surface area contributed by atoms with Crippen molar-refractivity contribution in [2.24, 2.45) is 0 Å². The summed E-state index contributed by atoms with van der Waals surface area (Å²) in [5, 5.41) is 8.15. The molecule has 0 saturated heterocycles. The van der Waals surface area contributed by atoms with Crippen molar-refractivity contribution in [1.82, 2.24) is 19.7 Å². The first-order valence-electron chi connectivity index (χ1n) is 10.4. The number of fused-ring (bicyclic) bond motifs is 1. The molecule has 0 aliphatic carbocycles. The van der Waals surface area contributed by atoms with Crippen LogP contribution in [-0.4, -0.2) is 26.3 Å². The second-order valence-corrected chi connectivity index (χ2v) is 7.51. The number of halogens is 2. The van der Waals surface area contributed by atoms with E-state index in [1.807, 2.05) is 30.3 Å². The smallest absolute Gasteiger partial charge is 0.225 e. The van der Waals surface area contributed by atoms with Gasteiger partial charge in [0.1, 0.15) is 17.5 Å². The maximum Gasteiger partial charge on any atom is 0.225 e. The monoisotopic (exact) mass is 442 g/mol. The van der Waals surface area contributed by atoms with E-state index < -0.39 is 5.82 Å². The van der Waals surface area contributed by atoms with Gasteiger partial charge in [-0.15, -0.1) is 5.10 Å². The van der Waals surface area contributed by atoms with Gasteiger partial charge in [0.25, 0.3) is 0 Å². The zero-order valence-corrected chi connectivity index (χ0v) is 17.5. The first-order chi connectivity index (χ1) is 16.1. The number of anilines is 2. The molecule has 0 amide bonds. The van der Waals surface area contributed by atoms with Crippen molar-refractivity contribution in [3.8, 4) is 16.9 Å². The fourth-order valence-corrected chi connectivity index (χ4v) is 3.68. The summed E-state index contributed by atoms with van der Waals surface area (Å²) in [6, 6.07) is 22.1. The Kier molecular flexibility index (Phi) is 5.40. The number of nitrogens with one attached hydrogen (secondary N) is 1. The Morgan fingerprint density at radius 3 is 2.33 bits per heavy atom. The van der Waals surface area contributed by atoms with Gasteiger partial charge < -0.3 is 11.1 Å². The number of hydrogen-bond acceptors (Lipinski definition) is 5. The van der Waals surface area contributed by atoms with Gasteiger partial charge >= 0.3 is 0 Å². The minimum Gasteiger partial charge on any atom is -0.383 e. The Hall–Kier alpha value is -4.33. The lowest BCUT2D eigenvalue weighted by molar-refractivity contribution is 0.627. The highest BCUT2D eigenvalue weighted by molar-refractivity contribution is 5.99. The van der Waals surface area contributed by atoms with Crippen LogP contribution in [0.3, 0.4) is 0 Å². The third-order valence-corrected chi connectivity index (χ3v) is 5.31. The van der Waals surface area contributed by atoms with E-state index in [4.69, 9.17) is 5.73 Å². The van der Waals surface area contributed by atoms with Crippen LogP contribution < -0.4 is 11.1 Å². The maximum atomic E-state index is 14.7. The molecule has 0 atom stereocenters. The van der Waals surface area contributed by atoms with Crippen LogP contribution in [-0.2, 0) is 6.42 Å². The molecule has 164 valence electrons. The number of nitrogens with two attached hydrogens (primary N) is 1. The molecule has 5 aromatic rings. The van der Waals surface area contributed by atoms with Gasteiger partial charge in [0.05, 0.1) is 16.8 Å². The summed E-state index contributed by atoms with van der Waals surface area (Å²) in [4.78, 5) is 9.11. The number of hydrogen-bond donors (Lipinski definition) is 2. The zero-order valence-electron chi connectivity index (χ0n) is 17.5. The van der Waals surface area contributed by atoms with Gasteiger partial charge in [-0.3, -0.25) is 0 Å². The molecule has 2 heterocycles. The van der Waals surface area contributed by atoms with Crippen molar-refractivity contribution in [3.05, 3.63) is 96.1 Å². The van der Waals surface area contributed by atoms with E-state index in [1.54, 1.807) is 30.3 Å². The van der Waals surface area contributed by atoms with Crippen LogP contribution in [0.15, 0.2) is 78.9 Å². The standard InChI is InChI=1S/C25H20F2N6/c26-17-10-12-18(13-11-17)33-23(28)21-22(19-8-4-5-9-20(19)27)30-25(31-24(21)32-33)29-15-14-16-6-2-1-3-7-16/h1-13H,14-15,28H2,(H,29,31,32). The third kappa shape index (κ3) is 4.10. The van der Waals surface area contributed by atoms with Crippen molar-refractivity contribution in [2.45, 2.75) is 6.42 Å². The van der Waals surface area contributed by atoms with Crippen LogP contribution in [0.25, 0.3) is 28.0 Å². The van der Waals surface area contributed by atoms with E-state index in [9.17, 15) is 8.78 Å². The molecule has 0 aliphatic heterocycles. The highest BCUT2D eigenvalue weighted by atomic mass is 19.1. The minimum atomic E-state index is -0.429. The average molecular weight is 442 g/mol. The van der Waals surface area contributed by atoms with Gasteiger partial charge in [-0.25, -0.2) is 18.4 Å². The summed E-state index contributed by atoms with van der Waals surface area (Å²) in [5.41, 5.74) is 9.08. The maximum absolute atomic E-state index is 14.7. The van der Waals surface area contributed by atoms with E-state index in [0.29, 0.717) is 40.5 Å². The fourth-order valence-electron chi connectivity index (χ4n) is 3.68. The highest BCUT2D eigenvalue weighted by Gasteiger charge is 2.21. The van der Waals surface area contributed by atoms with E-state index in [0.717, 1.165) is 6.42 Å². The topological polar surface area (TPSA) is 81.7 Å². The predicted octanol–water partition coefficient (Wildman–Crippen LogP) is 5.00. The number of rotatable bonds is 6. The Labute approximate surface area is 188 Å². The first-order valence-corrected chi connectivity index (χ1v) is 10.4. The molecule has 3 N–H and O–H groups in total. The third-order valence-electron chi connectivity index (χ3n) is 5.31. The second kappa shape index (κ2) is 8.66. The van der Waals surface area contributed by atoms with Crippen molar-refractivity contribution in [3.63, 3.8) is 0 Å². The van der Waals surface area contributed by atoms with Crippen LogP contribution in [0.5, 0.6) is 0 Å². The summed E-state index contributed by atoms with van der Waals surface area (Å²) in [7, 11) is 0. The van der Waals surface area contributed by atoms with Gasteiger partial charge in [-0.2, -0.15) is 4.98 Å². The van der Waals surface area contributed by atoms with Crippen molar-refractivity contribution in [1.29, 1.82) is 0 Å². The highest BCUT2D eigenvalue weighted by Crippen LogP contribution is 2.34. The quantitative estimate of drug-likeness (QED) is 0.387. The van der Waals surface area contributed by atoms with Crippen LogP contribution in [0.4, 0.5) is 20.5 Å². The first kappa shape index (κ1) is 20.6. The Bertz CT molecular complexity index is 1410. The van der Waals surface area contributed by atoms with Gasteiger partial charge in [-0.05, 0) is 48.4 Å². The van der Waals surface area contributed by atoms with E-state index in [-0.39, 0.29) is 11.6 Å². The number of benzene rings is 3. The zero-order chi connectivity index (χ0) is 22.8. The van der Waals surface area contributed by atoms with E-state index >= 15 is 0 Å². The Balaban J connectivity index is 1.59. The number of aromatic nitrogens is 4. The normalized spacial score (nSPS) is 11.1. The fraction of sp³-hybridized carbons (Fsp3) is 0.0800. The Morgan fingerprint density at radius 1 is 0.848 bits per heavy atom. The molecule has 8 heteroatoms. The van der Waals surface area contributed by atoms with Crippen molar-refractivity contribution in [2.75, 3.05) is 17.6 Å². The predicted molar refractivity (Wildman–Crippen MR) is 125 cm³/mol.